The smallest absolute Gasteiger partial charge is 0.310 e. The third kappa shape index (κ3) is 4.63. The number of anilines is 2. The number of aromatic nitrogens is 1. The topological polar surface area (TPSA) is 132 Å². The molecule has 2 aromatic carbocycles. The van der Waals surface area contributed by atoms with Crippen molar-refractivity contribution in [1.82, 2.24) is 4.98 Å². The molecule has 3 rings (SSSR count). The van der Waals surface area contributed by atoms with E-state index in [-0.39, 0.29) is 21.2 Å². The van der Waals surface area contributed by atoms with Crippen LogP contribution in [0.15, 0.2) is 65.8 Å². The van der Waals surface area contributed by atoms with E-state index < -0.39 is 26.5 Å². The van der Waals surface area contributed by atoms with Gasteiger partial charge >= 0.3 is 5.69 Å². The van der Waals surface area contributed by atoms with Gasteiger partial charge in [0.05, 0.1) is 33.2 Å². The van der Waals surface area contributed by atoms with Crippen molar-refractivity contribution in [3.05, 3.63) is 81.6 Å². The molecule has 12 heteroatoms. The van der Waals surface area contributed by atoms with E-state index in [0.717, 1.165) is 16.6 Å². The lowest BCUT2D eigenvalue weighted by atomic mass is 10.2. The van der Waals surface area contributed by atoms with Gasteiger partial charge in [-0.2, -0.15) is 0 Å². The van der Waals surface area contributed by atoms with Crippen LogP contribution in [0.2, 0.25) is 5.02 Å². The second-order valence-corrected chi connectivity index (χ2v) is 8.79. The lowest BCUT2D eigenvalue weighted by molar-refractivity contribution is -0.384. The number of carbonyl (C=O) groups is 1. The summed E-state index contributed by atoms with van der Waals surface area (Å²) in [5.41, 5.74) is -0.309. The Kier molecular flexibility index (Phi) is 6.61. The predicted octanol–water partition coefficient (Wildman–Crippen LogP) is 3.73. The van der Waals surface area contributed by atoms with Crippen LogP contribution in [0.3, 0.4) is 0 Å². The molecule has 10 nitrogen and oxygen atoms in total. The number of rotatable bonds is 7. The number of hydrogen-bond donors (Lipinski definition) is 1. The monoisotopic (exact) mass is 476 g/mol. The van der Waals surface area contributed by atoms with E-state index in [1.54, 1.807) is 24.3 Å². The van der Waals surface area contributed by atoms with Crippen LogP contribution in [0.25, 0.3) is 0 Å². The molecule has 32 heavy (non-hydrogen) atoms. The molecule has 0 aliphatic heterocycles. The van der Waals surface area contributed by atoms with Crippen LogP contribution in [0, 0.1) is 10.1 Å². The molecule has 0 aliphatic rings. The van der Waals surface area contributed by atoms with Crippen molar-refractivity contribution < 1.29 is 22.9 Å². The Morgan fingerprint density at radius 3 is 2.50 bits per heavy atom. The number of amides is 1. The molecule has 0 saturated carbocycles. The lowest BCUT2D eigenvalue weighted by Crippen LogP contribution is -2.27. The highest BCUT2D eigenvalue weighted by Crippen LogP contribution is 2.28. The number of hydrogen-bond acceptors (Lipinski definition) is 7. The summed E-state index contributed by atoms with van der Waals surface area (Å²) >= 11 is 6.11. The number of methoxy groups -OCH3 is 1. The van der Waals surface area contributed by atoms with Gasteiger partial charge < -0.3 is 10.1 Å². The molecule has 1 aromatic heterocycles. The first kappa shape index (κ1) is 23.0. The van der Waals surface area contributed by atoms with Crippen molar-refractivity contribution in [2.75, 3.05) is 23.8 Å². The number of nitro groups is 1. The van der Waals surface area contributed by atoms with E-state index in [2.05, 4.69) is 10.3 Å². The van der Waals surface area contributed by atoms with Gasteiger partial charge in [-0.05, 0) is 48.5 Å². The molecule has 3 aromatic rings. The van der Waals surface area contributed by atoms with Crippen molar-refractivity contribution in [3.8, 4) is 5.75 Å². The highest BCUT2D eigenvalue weighted by Gasteiger charge is 2.25. The normalized spacial score (nSPS) is 11.0. The first-order chi connectivity index (χ1) is 15.1. The minimum Gasteiger partial charge on any atom is -0.497 e. The van der Waals surface area contributed by atoms with E-state index in [1.807, 2.05) is 0 Å². The molecule has 1 amide bonds. The number of benzene rings is 2. The lowest BCUT2D eigenvalue weighted by Gasteiger charge is -2.20. The fraction of sp³-hybridized carbons (Fsp3) is 0.100. The van der Waals surface area contributed by atoms with Crippen LogP contribution in [0.4, 0.5) is 17.1 Å². The number of nitrogens with one attached hydrogen (secondary N) is 1. The second-order valence-electron chi connectivity index (χ2n) is 6.42. The van der Waals surface area contributed by atoms with Gasteiger partial charge in [-0.15, -0.1) is 0 Å². The largest absolute Gasteiger partial charge is 0.497 e. The number of halogens is 1. The molecule has 1 heterocycles. The maximum absolute atomic E-state index is 13.1. The van der Waals surface area contributed by atoms with Gasteiger partial charge in [-0.25, -0.2) is 8.42 Å². The van der Waals surface area contributed by atoms with Crippen LogP contribution in [-0.2, 0) is 10.0 Å². The van der Waals surface area contributed by atoms with E-state index in [9.17, 15) is 23.3 Å². The molecular weight excluding hydrogens is 460 g/mol. The molecule has 0 radical (unpaired) electrons. The molecule has 1 N–H and O–H groups in total. The molecule has 0 unspecified atom stereocenters. The highest BCUT2D eigenvalue weighted by atomic mass is 35.5. The zero-order chi connectivity index (χ0) is 23.5. The summed E-state index contributed by atoms with van der Waals surface area (Å²) < 4.78 is 32.3. The van der Waals surface area contributed by atoms with Gasteiger partial charge in [-0.3, -0.25) is 24.2 Å². The minimum atomic E-state index is -4.04. The van der Waals surface area contributed by atoms with Crippen LogP contribution >= 0.6 is 11.6 Å². The summed E-state index contributed by atoms with van der Waals surface area (Å²) in [4.78, 5) is 26.6. The Hall–Kier alpha value is -3.70. The van der Waals surface area contributed by atoms with E-state index in [1.165, 1.54) is 38.6 Å². The van der Waals surface area contributed by atoms with Crippen LogP contribution in [0.5, 0.6) is 5.75 Å². The van der Waals surface area contributed by atoms with Crippen molar-refractivity contribution in [1.29, 1.82) is 0 Å². The number of sulfonamides is 1. The predicted molar refractivity (Wildman–Crippen MR) is 119 cm³/mol. The van der Waals surface area contributed by atoms with E-state index >= 15 is 0 Å². The first-order valence-electron chi connectivity index (χ1n) is 8.97. The van der Waals surface area contributed by atoms with Crippen LogP contribution in [0.1, 0.15) is 10.4 Å². The summed E-state index contributed by atoms with van der Waals surface area (Å²) in [6.45, 7) is 0. The van der Waals surface area contributed by atoms with Gasteiger partial charge in [0.2, 0.25) is 0 Å². The zero-order valence-electron chi connectivity index (χ0n) is 16.9. The molecule has 166 valence electrons. The van der Waals surface area contributed by atoms with Gasteiger partial charge in [0, 0.05) is 13.2 Å². The number of ether oxygens (including phenoxy) is 1. The summed E-state index contributed by atoms with van der Waals surface area (Å²) in [6.07, 6.45) is 2.26. The van der Waals surface area contributed by atoms with Crippen molar-refractivity contribution in [2.45, 2.75) is 4.90 Å². The van der Waals surface area contributed by atoms with Crippen molar-refractivity contribution in [2.24, 2.45) is 0 Å². The van der Waals surface area contributed by atoms with E-state index in [0.29, 0.717) is 11.4 Å². The fourth-order valence-electron chi connectivity index (χ4n) is 2.75. The number of nitrogens with zero attached hydrogens (tertiary/aromatic N) is 3. The molecule has 0 saturated heterocycles. The molecular formula is C20H17ClN4O6S. The average Bonchev–Trinajstić information content (AvgIpc) is 2.78. The van der Waals surface area contributed by atoms with Crippen molar-refractivity contribution >= 4 is 44.6 Å². The standard InChI is InChI=1S/C20H17ClN4O6S/c1-24(13-3-5-14(31-2)6-4-13)32(29,30)15-7-8-17(21)16(11-15)20(26)23-18-9-10-22-12-19(18)25(27)28/h3-12H,1-2H3,(H,22,23,26). The summed E-state index contributed by atoms with van der Waals surface area (Å²) in [6, 6.07) is 11.3. The second kappa shape index (κ2) is 9.20. The Labute approximate surface area is 188 Å². The van der Waals surface area contributed by atoms with E-state index in [4.69, 9.17) is 16.3 Å². The summed E-state index contributed by atoms with van der Waals surface area (Å²) in [7, 11) is -1.18. The third-order valence-electron chi connectivity index (χ3n) is 4.52. The SMILES string of the molecule is COc1ccc(N(C)S(=O)(=O)c2ccc(Cl)c(C(=O)Nc3ccncc3[N+](=O)[O-])c2)cc1. The first-order valence-corrected chi connectivity index (χ1v) is 10.8. The van der Waals surface area contributed by atoms with Gasteiger partial charge in [0.1, 0.15) is 17.6 Å². The maximum Gasteiger partial charge on any atom is 0.310 e. The number of carbonyl (C=O) groups excluding carboxylic acids is 1. The Morgan fingerprint density at radius 1 is 1.19 bits per heavy atom. The van der Waals surface area contributed by atoms with Crippen molar-refractivity contribution in [3.63, 3.8) is 0 Å². The van der Waals surface area contributed by atoms with Gasteiger partial charge in [-0.1, -0.05) is 11.6 Å². The number of pyridine rings is 1. The zero-order valence-corrected chi connectivity index (χ0v) is 18.4. The Bertz CT molecular complexity index is 1280. The molecule has 0 bridgehead atoms. The molecule has 0 atom stereocenters. The van der Waals surface area contributed by atoms with Gasteiger partial charge in [0.25, 0.3) is 15.9 Å². The summed E-state index contributed by atoms with van der Waals surface area (Å²) in [5, 5.41) is 13.5. The fourth-order valence-corrected chi connectivity index (χ4v) is 4.18. The maximum atomic E-state index is 13.1. The molecule has 0 fully saturated rings. The quantitative estimate of drug-likeness (QED) is 0.406. The minimum absolute atomic E-state index is 0.0229. The Balaban J connectivity index is 1.94. The van der Waals surface area contributed by atoms with Crippen LogP contribution < -0.4 is 14.4 Å². The Morgan fingerprint density at radius 2 is 1.88 bits per heavy atom. The molecule has 0 spiro atoms. The molecule has 0 aliphatic carbocycles. The van der Waals surface area contributed by atoms with Crippen LogP contribution in [-0.4, -0.2) is 38.4 Å². The third-order valence-corrected chi connectivity index (χ3v) is 6.63. The average molecular weight is 477 g/mol. The van der Waals surface area contributed by atoms with Gasteiger partial charge in [0.15, 0.2) is 0 Å². The summed E-state index contributed by atoms with van der Waals surface area (Å²) in [5.74, 6) is -0.247. The highest BCUT2D eigenvalue weighted by molar-refractivity contribution is 7.92.